The number of aliphatic hydroxyl groups excluding tert-OH is 1. The minimum Gasteiger partial charge on any atom is -0.496 e. The molecule has 1 N–H and O–H groups in total. The minimum absolute atomic E-state index is 0.0453. The second-order valence-corrected chi connectivity index (χ2v) is 11.9. The van der Waals surface area contributed by atoms with Gasteiger partial charge < -0.3 is 9.84 Å². The zero-order valence-electron chi connectivity index (χ0n) is 24.4. The van der Waals surface area contributed by atoms with Crippen molar-refractivity contribution in [3.63, 3.8) is 0 Å². The third kappa shape index (κ3) is 8.04. The van der Waals surface area contributed by atoms with Crippen LogP contribution in [0.25, 0.3) is 11.1 Å². The fourth-order valence-corrected chi connectivity index (χ4v) is 5.05. The molecule has 0 aliphatic carbocycles. The number of hydrogen-bond donors (Lipinski definition) is 1. The van der Waals surface area contributed by atoms with E-state index < -0.39 is 64.6 Å². The summed E-state index contributed by atoms with van der Waals surface area (Å²) in [5.74, 6) is -0.561. The Morgan fingerprint density at radius 1 is 0.651 bits per heavy atom. The first-order valence-electron chi connectivity index (χ1n) is 13.4. The third-order valence-corrected chi connectivity index (χ3v) is 7.43. The lowest BCUT2D eigenvalue weighted by Crippen LogP contribution is -2.23. The van der Waals surface area contributed by atoms with E-state index in [-0.39, 0.29) is 17.5 Å². The van der Waals surface area contributed by atoms with Crippen molar-refractivity contribution in [3.8, 4) is 16.9 Å². The molecule has 3 aromatic rings. The Labute approximate surface area is 244 Å². The zero-order valence-corrected chi connectivity index (χ0v) is 24.4. The van der Waals surface area contributed by atoms with Crippen LogP contribution in [0.15, 0.2) is 54.6 Å². The summed E-state index contributed by atoms with van der Waals surface area (Å²) in [6, 6.07) is 9.18. The number of methoxy groups -OCH3 is 1. The van der Waals surface area contributed by atoms with Gasteiger partial charge in [0.1, 0.15) is 5.75 Å². The van der Waals surface area contributed by atoms with Gasteiger partial charge in [-0.3, -0.25) is 0 Å². The highest BCUT2D eigenvalue weighted by Gasteiger charge is 2.39. The fourth-order valence-electron chi connectivity index (χ4n) is 5.05. The summed E-state index contributed by atoms with van der Waals surface area (Å²) in [5, 5.41) is 11.1. The van der Waals surface area contributed by atoms with Crippen molar-refractivity contribution >= 4 is 0 Å². The maximum Gasteiger partial charge on any atom is 0.416 e. The van der Waals surface area contributed by atoms with E-state index in [9.17, 15) is 44.6 Å². The Hall–Kier alpha value is -3.21. The molecule has 3 rings (SSSR count). The quantitative estimate of drug-likeness (QED) is 0.266. The number of halogens is 9. The first-order valence-corrected chi connectivity index (χ1v) is 13.4. The molecule has 0 fully saturated rings. The van der Waals surface area contributed by atoms with Crippen molar-refractivity contribution in [2.75, 3.05) is 7.11 Å². The molecule has 2 atom stereocenters. The average molecular weight is 621 g/mol. The standard InChI is InChI=1S/C32H33F9O2/c1-17(2)18-7-10-28(43-6)25(13-18)23-9-8-20(30(33,34)35)15-24(23)26(29(3,4)5)16-27(42)19-11-21(31(36,37)38)14-22(12-19)32(39,40)41/h7-15,17,26-27,42H,16H2,1-6H3. The van der Waals surface area contributed by atoms with E-state index in [1.165, 1.54) is 13.2 Å². The van der Waals surface area contributed by atoms with E-state index in [0.717, 1.165) is 17.7 Å². The van der Waals surface area contributed by atoms with Gasteiger partial charge in [-0.2, -0.15) is 39.5 Å². The second-order valence-electron chi connectivity index (χ2n) is 11.9. The number of rotatable bonds is 7. The first kappa shape index (κ1) is 34.3. The monoisotopic (exact) mass is 620 g/mol. The van der Waals surface area contributed by atoms with Crippen LogP contribution in [0.5, 0.6) is 5.75 Å². The van der Waals surface area contributed by atoms with Gasteiger partial charge in [-0.15, -0.1) is 0 Å². The molecule has 2 nitrogen and oxygen atoms in total. The van der Waals surface area contributed by atoms with Crippen molar-refractivity contribution in [1.29, 1.82) is 0 Å². The SMILES string of the molecule is COc1ccc(C(C)C)cc1-c1ccc(C(F)(F)F)cc1C(CC(O)c1cc(C(F)(F)F)cc(C(F)(F)F)c1)C(C)(C)C. The van der Waals surface area contributed by atoms with Crippen molar-refractivity contribution in [3.05, 3.63) is 88.0 Å². The Bertz CT molecular complexity index is 1400. The van der Waals surface area contributed by atoms with Gasteiger partial charge >= 0.3 is 18.5 Å². The van der Waals surface area contributed by atoms with Gasteiger partial charge in [-0.25, -0.2) is 0 Å². The van der Waals surface area contributed by atoms with E-state index >= 15 is 0 Å². The summed E-state index contributed by atoms with van der Waals surface area (Å²) in [6.07, 6.45) is -17.4. The van der Waals surface area contributed by atoms with Crippen molar-refractivity contribution < 1.29 is 49.4 Å². The highest BCUT2D eigenvalue weighted by Crippen LogP contribution is 2.49. The molecule has 43 heavy (non-hydrogen) atoms. The first-order chi connectivity index (χ1) is 19.5. The van der Waals surface area contributed by atoms with Crippen LogP contribution in [-0.2, 0) is 18.5 Å². The van der Waals surface area contributed by atoms with Crippen LogP contribution < -0.4 is 4.74 Å². The fraction of sp³-hybridized carbons (Fsp3) is 0.438. The Kier molecular flexibility index (Phi) is 9.61. The molecule has 11 heteroatoms. The molecule has 0 spiro atoms. The third-order valence-electron chi connectivity index (χ3n) is 7.43. The van der Waals surface area contributed by atoms with Gasteiger partial charge in [0.25, 0.3) is 0 Å². The topological polar surface area (TPSA) is 29.5 Å². The number of alkyl halides is 9. The second kappa shape index (κ2) is 12.1. The van der Waals surface area contributed by atoms with Gasteiger partial charge in [0.15, 0.2) is 0 Å². The van der Waals surface area contributed by atoms with Gasteiger partial charge in [0.05, 0.1) is 29.9 Å². The lowest BCUT2D eigenvalue weighted by molar-refractivity contribution is -0.143. The summed E-state index contributed by atoms with van der Waals surface area (Å²) < 4.78 is 128. The summed E-state index contributed by atoms with van der Waals surface area (Å²) >= 11 is 0. The predicted octanol–water partition coefficient (Wildman–Crippen LogP) is 10.8. The van der Waals surface area contributed by atoms with E-state index in [1.54, 1.807) is 32.9 Å². The van der Waals surface area contributed by atoms with Crippen molar-refractivity contribution in [2.24, 2.45) is 5.41 Å². The summed E-state index contributed by atoms with van der Waals surface area (Å²) in [4.78, 5) is 0. The molecular weight excluding hydrogens is 587 g/mol. The van der Waals surface area contributed by atoms with Crippen molar-refractivity contribution in [1.82, 2.24) is 0 Å². The van der Waals surface area contributed by atoms with Crippen LogP contribution in [0.3, 0.4) is 0 Å². The Morgan fingerprint density at radius 2 is 1.19 bits per heavy atom. The molecule has 0 heterocycles. The maximum absolute atomic E-state index is 13.9. The molecule has 2 unspecified atom stereocenters. The van der Waals surface area contributed by atoms with Gasteiger partial charge in [0.2, 0.25) is 0 Å². The molecule has 0 bridgehead atoms. The smallest absolute Gasteiger partial charge is 0.416 e. The van der Waals surface area contributed by atoms with Crippen LogP contribution in [0.2, 0.25) is 0 Å². The highest BCUT2D eigenvalue weighted by molar-refractivity contribution is 5.75. The lowest BCUT2D eigenvalue weighted by atomic mass is 9.70. The van der Waals surface area contributed by atoms with E-state index in [1.807, 2.05) is 19.9 Å². The molecule has 236 valence electrons. The molecule has 0 amide bonds. The van der Waals surface area contributed by atoms with E-state index in [0.29, 0.717) is 29.0 Å². The van der Waals surface area contributed by atoms with Crippen LogP contribution in [0, 0.1) is 5.41 Å². The normalized spacial score (nSPS) is 14.6. The number of hydrogen-bond acceptors (Lipinski definition) is 2. The lowest BCUT2D eigenvalue weighted by Gasteiger charge is -2.35. The van der Waals surface area contributed by atoms with Crippen LogP contribution in [0.4, 0.5) is 39.5 Å². The molecular formula is C32H33F9O2. The Balaban J connectivity index is 2.28. The summed E-state index contributed by atoms with van der Waals surface area (Å²) in [7, 11) is 1.40. The van der Waals surface area contributed by atoms with E-state index in [4.69, 9.17) is 4.74 Å². The van der Waals surface area contributed by atoms with E-state index in [2.05, 4.69) is 0 Å². The van der Waals surface area contributed by atoms with Gasteiger partial charge in [-0.1, -0.05) is 46.8 Å². The summed E-state index contributed by atoms with van der Waals surface area (Å²) in [5.41, 5.74) is -3.98. The number of ether oxygens (including phenoxy) is 1. The number of aliphatic hydroxyl groups is 1. The maximum atomic E-state index is 13.9. The van der Waals surface area contributed by atoms with Crippen LogP contribution in [0.1, 0.15) is 92.4 Å². The largest absolute Gasteiger partial charge is 0.496 e. The zero-order chi connectivity index (χ0) is 32.7. The number of benzene rings is 3. The predicted molar refractivity (Wildman–Crippen MR) is 146 cm³/mol. The molecule has 3 aromatic carbocycles. The average Bonchev–Trinajstić information content (AvgIpc) is 2.88. The molecule has 0 radical (unpaired) electrons. The van der Waals surface area contributed by atoms with Crippen molar-refractivity contribution in [2.45, 2.75) is 77.5 Å². The molecule has 0 aliphatic heterocycles. The molecule has 0 aromatic heterocycles. The summed E-state index contributed by atoms with van der Waals surface area (Å²) in [6.45, 7) is 8.87. The molecule has 0 saturated carbocycles. The molecule has 0 aliphatic rings. The highest BCUT2D eigenvalue weighted by atomic mass is 19.4. The van der Waals surface area contributed by atoms with Gasteiger partial charge in [0, 0.05) is 5.56 Å². The minimum atomic E-state index is -5.13. The molecule has 0 saturated heterocycles. The van der Waals surface area contributed by atoms with Crippen LogP contribution in [-0.4, -0.2) is 12.2 Å². The Morgan fingerprint density at radius 3 is 1.63 bits per heavy atom. The van der Waals surface area contributed by atoms with Crippen LogP contribution >= 0.6 is 0 Å². The van der Waals surface area contributed by atoms with Gasteiger partial charge in [-0.05, 0) is 88.4 Å².